The zero-order chi connectivity index (χ0) is 25.4. The molecule has 1 aliphatic heterocycles. The molecule has 2 N–H and O–H groups in total. The number of para-hydroxylation sites is 1. The summed E-state index contributed by atoms with van der Waals surface area (Å²) in [4.78, 5) is 36.0. The number of halogens is 1. The molecule has 0 saturated carbocycles. The van der Waals surface area contributed by atoms with E-state index in [4.69, 9.17) is 4.74 Å². The van der Waals surface area contributed by atoms with Crippen molar-refractivity contribution in [2.24, 2.45) is 0 Å². The van der Waals surface area contributed by atoms with Gasteiger partial charge in [0.1, 0.15) is 11.6 Å². The van der Waals surface area contributed by atoms with Gasteiger partial charge in [-0.15, -0.1) is 0 Å². The molecule has 1 amide bonds. The molecule has 3 heterocycles. The predicted molar refractivity (Wildman–Crippen MR) is 139 cm³/mol. The molecule has 1 atom stereocenters. The zero-order valence-electron chi connectivity index (χ0n) is 20.6. The van der Waals surface area contributed by atoms with Crippen LogP contribution in [0.4, 0.5) is 10.2 Å². The van der Waals surface area contributed by atoms with E-state index in [1.165, 1.54) is 6.07 Å². The lowest BCUT2D eigenvalue weighted by Crippen LogP contribution is -2.41. The Morgan fingerprint density at radius 2 is 2.00 bits per heavy atom. The molecule has 0 spiro atoms. The zero-order valence-corrected chi connectivity index (χ0v) is 20.6. The fraction of sp³-hybridized carbons (Fsp3) is 0.321. The molecule has 5 rings (SSSR count). The summed E-state index contributed by atoms with van der Waals surface area (Å²) in [5.74, 6) is -0.447. The molecular weight excluding hydrogens is 459 g/mol. The van der Waals surface area contributed by atoms with Crippen LogP contribution in [-0.4, -0.2) is 42.2 Å². The molecule has 0 radical (unpaired) electrons. The number of amides is 1. The summed E-state index contributed by atoms with van der Waals surface area (Å²) in [7, 11) is 1.70. The summed E-state index contributed by atoms with van der Waals surface area (Å²) in [6, 6.07) is 13.8. The maximum Gasteiger partial charge on any atom is 0.255 e. The van der Waals surface area contributed by atoms with Gasteiger partial charge in [-0.05, 0) is 62.6 Å². The molecule has 0 aliphatic carbocycles. The second-order valence-corrected chi connectivity index (χ2v) is 9.81. The molecule has 4 aromatic rings. The summed E-state index contributed by atoms with van der Waals surface area (Å²) in [5.41, 5.74) is 0.615. The van der Waals surface area contributed by atoms with E-state index in [2.05, 4.69) is 20.2 Å². The maximum atomic E-state index is 15.0. The lowest BCUT2D eigenvalue weighted by atomic mass is 9.95. The number of benzene rings is 2. The molecule has 7 nitrogen and oxygen atoms in total. The third-order valence-corrected chi connectivity index (χ3v) is 6.96. The summed E-state index contributed by atoms with van der Waals surface area (Å²) in [6.07, 6.45) is 3.91. The van der Waals surface area contributed by atoms with E-state index in [9.17, 15) is 9.59 Å². The minimum Gasteiger partial charge on any atom is -0.383 e. The Labute approximate surface area is 208 Å². The van der Waals surface area contributed by atoms with Gasteiger partial charge in [0.25, 0.3) is 5.91 Å². The lowest BCUT2D eigenvalue weighted by Gasteiger charge is -2.29. The van der Waals surface area contributed by atoms with E-state index in [-0.39, 0.29) is 16.4 Å². The number of H-pyrrole nitrogens is 1. The number of pyridine rings is 2. The number of nitrogens with zero attached hydrogens (tertiary/aromatic N) is 2. The Bertz CT molecular complexity index is 1500. The monoisotopic (exact) mass is 488 g/mol. The van der Waals surface area contributed by atoms with Crippen molar-refractivity contribution in [3.8, 4) is 0 Å². The summed E-state index contributed by atoms with van der Waals surface area (Å²) < 4.78 is 20.3. The molecule has 0 bridgehead atoms. The van der Waals surface area contributed by atoms with Gasteiger partial charge in [0.2, 0.25) is 0 Å². The van der Waals surface area contributed by atoms with Crippen LogP contribution in [0.1, 0.15) is 42.6 Å². The van der Waals surface area contributed by atoms with Gasteiger partial charge in [0.15, 0.2) is 5.43 Å². The second-order valence-electron chi connectivity index (χ2n) is 9.81. The Kier molecular flexibility index (Phi) is 6.22. The van der Waals surface area contributed by atoms with Crippen LogP contribution >= 0.6 is 0 Å². The molecule has 1 aliphatic rings. The van der Waals surface area contributed by atoms with Crippen molar-refractivity contribution in [3.63, 3.8) is 0 Å². The number of aromatic nitrogens is 2. The molecule has 1 saturated heterocycles. The fourth-order valence-corrected chi connectivity index (χ4v) is 4.97. The maximum absolute atomic E-state index is 15.0. The molecule has 2 aromatic carbocycles. The second kappa shape index (κ2) is 9.35. The van der Waals surface area contributed by atoms with Gasteiger partial charge < -0.3 is 19.9 Å². The summed E-state index contributed by atoms with van der Waals surface area (Å²) in [5, 5.41) is 3.60. The van der Waals surface area contributed by atoms with Crippen molar-refractivity contribution < 1.29 is 13.9 Å². The van der Waals surface area contributed by atoms with Gasteiger partial charge in [-0.25, -0.2) is 9.37 Å². The van der Waals surface area contributed by atoms with Gasteiger partial charge in [0.05, 0.1) is 29.3 Å². The highest BCUT2D eigenvalue weighted by Crippen LogP contribution is 2.27. The lowest BCUT2D eigenvalue weighted by molar-refractivity contribution is 0.0908. The van der Waals surface area contributed by atoms with Crippen LogP contribution in [0.3, 0.4) is 0 Å². The van der Waals surface area contributed by atoms with Crippen molar-refractivity contribution in [1.29, 1.82) is 0 Å². The van der Waals surface area contributed by atoms with Crippen molar-refractivity contribution in [2.75, 3.05) is 25.2 Å². The van der Waals surface area contributed by atoms with E-state index in [0.29, 0.717) is 29.1 Å². The fourth-order valence-electron chi connectivity index (χ4n) is 4.97. The topological polar surface area (TPSA) is 87.3 Å². The third-order valence-electron chi connectivity index (χ3n) is 6.96. The molecule has 1 fully saturated rings. The molecule has 36 heavy (non-hydrogen) atoms. The van der Waals surface area contributed by atoms with Crippen molar-refractivity contribution in [3.05, 3.63) is 81.9 Å². The highest BCUT2D eigenvalue weighted by atomic mass is 19.1. The van der Waals surface area contributed by atoms with Crippen LogP contribution in [0.25, 0.3) is 21.8 Å². The number of hydrogen-bond acceptors (Lipinski definition) is 5. The molecule has 186 valence electrons. The van der Waals surface area contributed by atoms with Crippen LogP contribution < -0.4 is 15.6 Å². The smallest absolute Gasteiger partial charge is 0.255 e. The number of nitrogens with one attached hydrogen (secondary N) is 2. The average molecular weight is 489 g/mol. The number of ether oxygens (including phenoxy) is 1. The quantitative estimate of drug-likeness (QED) is 0.391. The van der Waals surface area contributed by atoms with Crippen LogP contribution in [0, 0.1) is 5.82 Å². The van der Waals surface area contributed by atoms with Crippen molar-refractivity contribution in [1.82, 2.24) is 15.3 Å². The number of methoxy groups -OCH3 is 1. The van der Waals surface area contributed by atoms with Gasteiger partial charge in [-0.2, -0.15) is 0 Å². The first-order valence-electron chi connectivity index (χ1n) is 12.1. The van der Waals surface area contributed by atoms with Crippen molar-refractivity contribution >= 4 is 33.5 Å². The predicted octanol–water partition coefficient (Wildman–Crippen LogP) is 4.50. The van der Waals surface area contributed by atoms with Gasteiger partial charge >= 0.3 is 0 Å². The Hall–Kier alpha value is -3.78. The van der Waals surface area contributed by atoms with E-state index in [1.807, 2.05) is 32.0 Å². The van der Waals surface area contributed by atoms with E-state index in [1.54, 1.807) is 31.5 Å². The SMILES string of the molecule is COC[C@H]1CCCN1c1ccc(C(C)(C)NC(=O)c2cc3[nH]c4ccccc4c(=O)c3cc2F)cn1. The largest absolute Gasteiger partial charge is 0.383 e. The first-order chi connectivity index (χ1) is 17.3. The average Bonchev–Trinajstić information content (AvgIpc) is 3.33. The van der Waals surface area contributed by atoms with Crippen LogP contribution in [0.15, 0.2) is 59.5 Å². The third kappa shape index (κ3) is 4.33. The van der Waals surface area contributed by atoms with Crippen LogP contribution in [0.5, 0.6) is 0 Å². The summed E-state index contributed by atoms with van der Waals surface area (Å²) in [6.45, 7) is 5.28. The number of carbonyl (C=O) groups excluding carboxylic acids is 1. The molecule has 8 heteroatoms. The van der Waals surface area contributed by atoms with E-state index >= 15 is 4.39 Å². The number of aromatic amines is 1. The minimum atomic E-state index is -0.808. The normalized spacial score (nSPS) is 16.1. The number of rotatable bonds is 6. The van der Waals surface area contributed by atoms with E-state index < -0.39 is 17.3 Å². The highest BCUT2D eigenvalue weighted by molar-refractivity contribution is 6.00. The number of fused-ring (bicyclic) bond motifs is 2. The minimum absolute atomic E-state index is 0.134. The van der Waals surface area contributed by atoms with Gasteiger partial charge in [0, 0.05) is 36.1 Å². The number of carbonyl (C=O) groups is 1. The first kappa shape index (κ1) is 23.9. The number of hydrogen-bond donors (Lipinski definition) is 2. The van der Waals surface area contributed by atoms with Crippen LogP contribution in [0.2, 0.25) is 0 Å². The first-order valence-corrected chi connectivity index (χ1v) is 12.1. The highest BCUT2D eigenvalue weighted by Gasteiger charge is 2.28. The van der Waals surface area contributed by atoms with Gasteiger partial charge in [-0.1, -0.05) is 18.2 Å². The van der Waals surface area contributed by atoms with E-state index in [0.717, 1.165) is 36.8 Å². The Morgan fingerprint density at radius 3 is 2.75 bits per heavy atom. The summed E-state index contributed by atoms with van der Waals surface area (Å²) >= 11 is 0. The standard InChI is InChI=1S/C28H29FN4O3/c1-28(2,17-10-11-25(30-15-17)33-12-6-7-18(33)16-36-3)32-27(35)20-14-24-21(13-22(20)29)26(34)19-8-4-5-9-23(19)31-24/h4-5,8-11,13-15,18H,6-7,12,16H2,1-3H3,(H,31,34)(H,32,35)/t18-/m1/s1. The Balaban J connectivity index is 1.40. The molecular formula is C28H29FN4O3. The van der Waals surface area contributed by atoms with Gasteiger partial charge in [-0.3, -0.25) is 9.59 Å². The molecule has 2 aromatic heterocycles. The Morgan fingerprint density at radius 1 is 1.19 bits per heavy atom. The number of anilines is 1. The van der Waals surface area contributed by atoms with Crippen molar-refractivity contribution in [2.45, 2.75) is 38.3 Å². The molecule has 0 unspecified atom stereocenters. The van der Waals surface area contributed by atoms with Crippen LogP contribution in [-0.2, 0) is 10.3 Å².